The first-order chi connectivity index (χ1) is 6.27. The van der Waals surface area contributed by atoms with Crippen LogP contribution in [-0.2, 0) is 4.74 Å². The molecule has 4 heteroatoms. The smallest absolute Gasteiger partial charge is 0.0849 e. The van der Waals surface area contributed by atoms with Crippen LogP contribution >= 0.6 is 33.9 Å². The fourth-order valence-corrected chi connectivity index (χ4v) is 2.95. The molecule has 2 unspecified atom stereocenters. The van der Waals surface area contributed by atoms with Crippen molar-refractivity contribution >= 4 is 33.9 Å². The molecule has 0 radical (unpaired) electrons. The van der Waals surface area contributed by atoms with Gasteiger partial charge in [0.25, 0.3) is 0 Å². The average molecular weight is 310 g/mol. The first-order valence-electron chi connectivity index (χ1n) is 4.27. The highest BCUT2D eigenvalue weighted by Gasteiger charge is 2.25. The summed E-state index contributed by atoms with van der Waals surface area (Å²) in [5.41, 5.74) is 1.05. The minimum absolute atomic E-state index is 0.297. The van der Waals surface area contributed by atoms with Crippen LogP contribution < -0.4 is 0 Å². The molecule has 1 saturated heterocycles. The molecule has 2 nitrogen and oxygen atoms in total. The number of aliphatic hydroxyl groups excluding tert-OH is 1. The predicted octanol–water partition coefficient (Wildman–Crippen LogP) is 2.42. The second kappa shape index (κ2) is 4.25. The molecule has 0 saturated carbocycles. The van der Waals surface area contributed by atoms with Crippen molar-refractivity contribution in [3.63, 3.8) is 0 Å². The third-order valence-electron chi connectivity index (χ3n) is 2.34. The zero-order chi connectivity index (χ0) is 9.26. The van der Waals surface area contributed by atoms with Crippen molar-refractivity contribution in [2.45, 2.75) is 12.5 Å². The molecular weight excluding hydrogens is 299 g/mol. The number of rotatable bonds is 2. The van der Waals surface area contributed by atoms with Gasteiger partial charge >= 0.3 is 0 Å². The second-order valence-corrected chi connectivity index (χ2v) is 6.06. The van der Waals surface area contributed by atoms with Crippen LogP contribution in [0.25, 0.3) is 0 Å². The van der Waals surface area contributed by atoms with Crippen LogP contribution in [0.1, 0.15) is 18.1 Å². The molecule has 2 atom stereocenters. The lowest BCUT2D eigenvalue weighted by atomic mass is 9.97. The van der Waals surface area contributed by atoms with Gasteiger partial charge in [0.2, 0.25) is 0 Å². The summed E-state index contributed by atoms with van der Waals surface area (Å²) in [7, 11) is 0. The standard InChI is InChI=1S/C9H11IO2S/c10-8-3-7(5-13-8)9(11)6-1-2-12-4-6/h3,5-6,9,11H,1-2,4H2. The Hall–Kier alpha value is 0.350. The van der Waals surface area contributed by atoms with Crippen LogP contribution in [-0.4, -0.2) is 18.3 Å². The average Bonchev–Trinajstić information content (AvgIpc) is 2.72. The van der Waals surface area contributed by atoms with Gasteiger partial charge in [-0.3, -0.25) is 0 Å². The fourth-order valence-electron chi connectivity index (χ4n) is 1.55. The van der Waals surface area contributed by atoms with E-state index in [1.807, 2.05) is 11.4 Å². The van der Waals surface area contributed by atoms with Crippen LogP contribution in [0.2, 0.25) is 0 Å². The van der Waals surface area contributed by atoms with Gasteiger partial charge in [-0.15, -0.1) is 11.3 Å². The first-order valence-corrected chi connectivity index (χ1v) is 6.23. The Morgan fingerprint density at radius 3 is 3.08 bits per heavy atom. The molecule has 1 aliphatic heterocycles. The number of halogens is 1. The minimum Gasteiger partial charge on any atom is -0.388 e. The highest BCUT2D eigenvalue weighted by molar-refractivity contribution is 14.1. The summed E-state index contributed by atoms with van der Waals surface area (Å²) >= 11 is 3.95. The molecule has 1 aliphatic rings. The van der Waals surface area contributed by atoms with E-state index in [1.165, 1.54) is 2.88 Å². The van der Waals surface area contributed by atoms with E-state index in [0.29, 0.717) is 12.5 Å². The maximum atomic E-state index is 9.96. The first kappa shape index (κ1) is 9.89. The molecule has 2 rings (SSSR count). The Balaban J connectivity index is 2.07. The van der Waals surface area contributed by atoms with E-state index in [4.69, 9.17) is 4.74 Å². The summed E-state index contributed by atoms with van der Waals surface area (Å²) in [5, 5.41) is 12.0. The predicted molar refractivity (Wildman–Crippen MR) is 60.9 cm³/mol. The molecular formula is C9H11IO2S. The van der Waals surface area contributed by atoms with Gasteiger partial charge in [0.05, 0.1) is 15.6 Å². The Labute approximate surface area is 95.1 Å². The van der Waals surface area contributed by atoms with E-state index in [9.17, 15) is 5.11 Å². The van der Waals surface area contributed by atoms with Gasteiger partial charge in [-0.25, -0.2) is 0 Å². The van der Waals surface area contributed by atoms with Gasteiger partial charge in [-0.1, -0.05) is 0 Å². The van der Waals surface area contributed by atoms with Crippen LogP contribution in [0.4, 0.5) is 0 Å². The second-order valence-electron chi connectivity index (χ2n) is 3.25. The molecule has 13 heavy (non-hydrogen) atoms. The van der Waals surface area contributed by atoms with Crippen molar-refractivity contribution in [2.75, 3.05) is 13.2 Å². The van der Waals surface area contributed by atoms with Gasteiger partial charge < -0.3 is 9.84 Å². The van der Waals surface area contributed by atoms with E-state index < -0.39 is 0 Å². The topological polar surface area (TPSA) is 29.5 Å². The third-order valence-corrected chi connectivity index (χ3v) is 4.15. The Bertz CT molecular complexity index is 281. The highest BCUT2D eigenvalue weighted by atomic mass is 127. The van der Waals surface area contributed by atoms with E-state index >= 15 is 0 Å². The Kier molecular flexibility index (Phi) is 3.23. The summed E-state index contributed by atoms with van der Waals surface area (Å²) in [6.07, 6.45) is 0.649. The zero-order valence-corrected chi connectivity index (χ0v) is 10.0. The molecule has 0 aromatic carbocycles. The number of hydrogen-bond donors (Lipinski definition) is 1. The van der Waals surface area contributed by atoms with Crippen LogP contribution in [0.3, 0.4) is 0 Å². The van der Waals surface area contributed by atoms with E-state index in [2.05, 4.69) is 22.6 Å². The number of hydrogen-bond acceptors (Lipinski definition) is 3. The van der Waals surface area contributed by atoms with E-state index in [0.717, 1.165) is 18.6 Å². The lowest BCUT2D eigenvalue weighted by Gasteiger charge is -2.14. The molecule has 1 aromatic heterocycles. The zero-order valence-electron chi connectivity index (χ0n) is 7.07. The molecule has 2 heterocycles. The SMILES string of the molecule is OC(c1csc(I)c1)C1CCOC1. The van der Waals surface area contributed by atoms with Crippen molar-refractivity contribution in [1.29, 1.82) is 0 Å². The van der Waals surface area contributed by atoms with Gasteiger partial charge in [0, 0.05) is 12.5 Å². The quantitative estimate of drug-likeness (QED) is 0.850. The summed E-state index contributed by atoms with van der Waals surface area (Å²) in [6.45, 7) is 1.50. The molecule has 1 N–H and O–H groups in total. The molecule has 0 amide bonds. The van der Waals surface area contributed by atoms with Crippen molar-refractivity contribution in [3.05, 3.63) is 19.9 Å². The molecule has 72 valence electrons. The minimum atomic E-state index is -0.331. The normalized spacial score (nSPS) is 24.9. The van der Waals surface area contributed by atoms with Crippen molar-refractivity contribution in [2.24, 2.45) is 5.92 Å². The lowest BCUT2D eigenvalue weighted by Crippen LogP contribution is -2.11. The van der Waals surface area contributed by atoms with Crippen molar-refractivity contribution in [1.82, 2.24) is 0 Å². The monoisotopic (exact) mass is 310 g/mol. The summed E-state index contributed by atoms with van der Waals surface area (Å²) in [6, 6.07) is 2.05. The van der Waals surface area contributed by atoms with Crippen molar-refractivity contribution in [3.8, 4) is 0 Å². The fraction of sp³-hybridized carbons (Fsp3) is 0.556. The largest absolute Gasteiger partial charge is 0.388 e. The summed E-state index contributed by atoms with van der Waals surface area (Å²) in [5.74, 6) is 0.297. The Morgan fingerprint density at radius 1 is 1.69 bits per heavy atom. The molecule has 0 bridgehead atoms. The third kappa shape index (κ3) is 2.23. The summed E-state index contributed by atoms with van der Waals surface area (Å²) < 4.78 is 6.48. The van der Waals surface area contributed by atoms with Gasteiger partial charge in [-0.2, -0.15) is 0 Å². The van der Waals surface area contributed by atoms with Crippen LogP contribution in [0, 0.1) is 8.80 Å². The van der Waals surface area contributed by atoms with E-state index in [-0.39, 0.29) is 6.10 Å². The van der Waals surface area contributed by atoms with Gasteiger partial charge in [0.15, 0.2) is 0 Å². The van der Waals surface area contributed by atoms with Gasteiger partial charge in [-0.05, 0) is 46.0 Å². The van der Waals surface area contributed by atoms with Crippen LogP contribution in [0.5, 0.6) is 0 Å². The number of aliphatic hydroxyl groups is 1. The molecule has 1 aromatic rings. The summed E-state index contributed by atoms with van der Waals surface area (Å²) in [4.78, 5) is 0. The molecule has 0 spiro atoms. The highest BCUT2D eigenvalue weighted by Crippen LogP contribution is 2.31. The number of ether oxygens (including phenoxy) is 1. The number of thiophene rings is 1. The lowest BCUT2D eigenvalue weighted by molar-refractivity contribution is 0.0921. The molecule has 0 aliphatic carbocycles. The maximum absolute atomic E-state index is 9.96. The van der Waals surface area contributed by atoms with Crippen LogP contribution in [0.15, 0.2) is 11.4 Å². The van der Waals surface area contributed by atoms with E-state index in [1.54, 1.807) is 11.3 Å². The molecule has 1 fully saturated rings. The Morgan fingerprint density at radius 2 is 2.54 bits per heavy atom. The van der Waals surface area contributed by atoms with Crippen molar-refractivity contribution < 1.29 is 9.84 Å². The van der Waals surface area contributed by atoms with Gasteiger partial charge in [0.1, 0.15) is 0 Å². The maximum Gasteiger partial charge on any atom is 0.0849 e.